The van der Waals surface area contributed by atoms with Gasteiger partial charge in [0.15, 0.2) is 0 Å². The Hall–Kier alpha value is -1.25. The van der Waals surface area contributed by atoms with Crippen molar-refractivity contribution in [3.8, 4) is 0 Å². The smallest absolute Gasteiger partial charge is 0.282 e. The fourth-order valence-corrected chi connectivity index (χ4v) is 4.52. The fraction of sp³-hybridized carbons (Fsp3) is 0.692. The molecule has 8 heteroatoms. The number of hydrogen-bond donors (Lipinski definition) is 1. The van der Waals surface area contributed by atoms with E-state index >= 15 is 0 Å². The van der Waals surface area contributed by atoms with Crippen molar-refractivity contribution in [2.75, 3.05) is 32.0 Å². The molecular formula is C13H23N5O2S. The van der Waals surface area contributed by atoms with E-state index in [1.165, 1.54) is 4.31 Å². The maximum atomic E-state index is 12.7. The van der Waals surface area contributed by atoms with E-state index < -0.39 is 10.2 Å². The van der Waals surface area contributed by atoms with Crippen LogP contribution in [0.5, 0.6) is 0 Å². The van der Waals surface area contributed by atoms with Crippen LogP contribution in [0.15, 0.2) is 12.4 Å². The molecule has 0 radical (unpaired) electrons. The largest absolute Gasteiger partial charge is 0.372 e. The lowest BCUT2D eigenvalue weighted by atomic mass is 10.2. The van der Waals surface area contributed by atoms with E-state index in [0.29, 0.717) is 31.1 Å². The summed E-state index contributed by atoms with van der Waals surface area (Å²) in [5.74, 6) is 0.652. The lowest BCUT2D eigenvalue weighted by Crippen LogP contribution is -2.43. The zero-order chi connectivity index (χ0) is 15.5. The number of anilines is 1. The lowest BCUT2D eigenvalue weighted by Gasteiger charge is -2.29. The Morgan fingerprint density at radius 3 is 2.71 bits per heavy atom. The lowest BCUT2D eigenvalue weighted by molar-refractivity contribution is 0.334. The predicted molar refractivity (Wildman–Crippen MR) is 82.1 cm³/mol. The van der Waals surface area contributed by atoms with E-state index in [1.54, 1.807) is 23.7 Å². The summed E-state index contributed by atoms with van der Waals surface area (Å²) in [5.41, 5.74) is 0.704. The molecule has 2 rings (SSSR count). The third-order valence-electron chi connectivity index (χ3n) is 3.78. The monoisotopic (exact) mass is 313 g/mol. The molecule has 1 aliphatic rings. The van der Waals surface area contributed by atoms with Crippen LogP contribution >= 0.6 is 0 Å². The van der Waals surface area contributed by atoms with Gasteiger partial charge >= 0.3 is 0 Å². The maximum absolute atomic E-state index is 12.7. The highest BCUT2D eigenvalue weighted by Crippen LogP contribution is 2.34. The van der Waals surface area contributed by atoms with Crippen LogP contribution in [0.25, 0.3) is 0 Å². The first-order valence-corrected chi connectivity index (χ1v) is 8.70. The van der Waals surface area contributed by atoms with Gasteiger partial charge in [0.1, 0.15) is 5.82 Å². The minimum absolute atomic E-state index is 0.226. The first kappa shape index (κ1) is 16.1. The average molecular weight is 313 g/mol. The predicted octanol–water partition coefficient (Wildman–Crippen LogP) is 1.24. The molecule has 1 fully saturated rings. The zero-order valence-corrected chi connectivity index (χ0v) is 13.6. The summed E-state index contributed by atoms with van der Waals surface area (Å²) >= 11 is 0. The summed E-state index contributed by atoms with van der Waals surface area (Å²) < 4.78 is 28.5. The number of nitrogens with zero attached hydrogens (tertiary/aromatic N) is 4. The molecule has 1 atom stereocenters. The second kappa shape index (κ2) is 6.67. The molecule has 1 aromatic heterocycles. The van der Waals surface area contributed by atoms with Crippen LogP contribution in [0, 0.1) is 0 Å². The van der Waals surface area contributed by atoms with Gasteiger partial charge in [0, 0.05) is 26.7 Å². The third-order valence-corrected chi connectivity index (χ3v) is 5.98. The van der Waals surface area contributed by atoms with E-state index in [4.69, 9.17) is 0 Å². The molecule has 7 nitrogen and oxygen atoms in total. The van der Waals surface area contributed by atoms with Gasteiger partial charge in [0.25, 0.3) is 10.2 Å². The Labute approximate surface area is 126 Å². The average Bonchev–Trinajstić information content (AvgIpc) is 2.98. The maximum Gasteiger partial charge on any atom is 0.282 e. The molecule has 0 spiro atoms. The minimum Gasteiger partial charge on any atom is -0.372 e. The van der Waals surface area contributed by atoms with Crippen LogP contribution in [0.1, 0.15) is 38.4 Å². The Kier molecular flexibility index (Phi) is 5.13. The van der Waals surface area contributed by atoms with Crippen molar-refractivity contribution in [3.63, 3.8) is 0 Å². The van der Waals surface area contributed by atoms with Crippen LogP contribution in [-0.2, 0) is 10.2 Å². The van der Waals surface area contributed by atoms with Gasteiger partial charge in [-0.3, -0.25) is 4.98 Å². The molecular weight excluding hydrogens is 290 g/mol. The van der Waals surface area contributed by atoms with Crippen molar-refractivity contribution in [1.82, 2.24) is 18.6 Å². The first-order valence-electron chi connectivity index (χ1n) is 7.31. The Bertz CT molecular complexity index is 574. The SMILES string of the molecule is CCN(CC)S(=O)(=O)N1CCCC1c1cncc(NC)n1. The first-order chi connectivity index (χ1) is 10.0. The second-order valence-electron chi connectivity index (χ2n) is 4.94. The molecule has 21 heavy (non-hydrogen) atoms. The van der Waals surface area contributed by atoms with E-state index in [9.17, 15) is 8.42 Å². The van der Waals surface area contributed by atoms with Crippen molar-refractivity contribution < 1.29 is 8.42 Å². The van der Waals surface area contributed by atoms with E-state index in [0.717, 1.165) is 12.8 Å². The van der Waals surface area contributed by atoms with Gasteiger partial charge in [-0.1, -0.05) is 13.8 Å². The van der Waals surface area contributed by atoms with Gasteiger partial charge in [0.2, 0.25) is 0 Å². The molecule has 0 bridgehead atoms. The molecule has 0 amide bonds. The summed E-state index contributed by atoms with van der Waals surface area (Å²) in [4.78, 5) is 8.59. The standard InChI is InChI=1S/C13H23N5O2S/c1-4-17(5-2)21(19,20)18-8-6-7-12(18)11-9-15-10-13(14-3)16-11/h9-10,12H,4-8H2,1-3H3,(H,14,16). The summed E-state index contributed by atoms with van der Waals surface area (Å²) in [6.07, 6.45) is 4.90. The quantitative estimate of drug-likeness (QED) is 0.855. The normalized spacial score (nSPS) is 20.1. The van der Waals surface area contributed by atoms with Crippen molar-refractivity contribution >= 4 is 16.0 Å². The van der Waals surface area contributed by atoms with Crippen LogP contribution in [0.3, 0.4) is 0 Å². The Balaban J connectivity index is 2.32. The number of nitrogens with one attached hydrogen (secondary N) is 1. The molecule has 1 saturated heterocycles. The molecule has 1 aliphatic heterocycles. The third kappa shape index (κ3) is 3.17. The molecule has 1 unspecified atom stereocenters. The molecule has 1 N–H and O–H groups in total. The Morgan fingerprint density at radius 1 is 1.38 bits per heavy atom. The molecule has 0 aliphatic carbocycles. The highest BCUT2D eigenvalue weighted by molar-refractivity contribution is 7.86. The molecule has 0 saturated carbocycles. The van der Waals surface area contributed by atoms with Crippen LogP contribution in [0.2, 0.25) is 0 Å². The highest BCUT2D eigenvalue weighted by Gasteiger charge is 2.38. The number of rotatable bonds is 6. The topological polar surface area (TPSA) is 78.4 Å². The van der Waals surface area contributed by atoms with E-state index in [1.807, 2.05) is 13.8 Å². The molecule has 2 heterocycles. The second-order valence-corrected chi connectivity index (χ2v) is 6.82. The molecule has 1 aromatic rings. The van der Waals surface area contributed by atoms with E-state index in [2.05, 4.69) is 15.3 Å². The van der Waals surface area contributed by atoms with E-state index in [-0.39, 0.29) is 6.04 Å². The Morgan fingerprint density at radius 2 is 2.10 bits per heavy atom. The van der Waals surface area contributed by atoms with Crippen molar-refractivity contribution in [3.05, 3.63) is 18.1 Å². The number of aromatic nitrogens is 2. The minimum atomic E-state index is -3.44. The van der Waals surface area contributed by atoms with Gasteiger partial charge in [-0.2, -0.15) is 17.0 Å². The van der Waals surface area contributed by atoms with Gasteiger partial charge in [0.05, 0.1) is 24.1 Å². The zero-order valence-electron chi connectivity index (χ0n) is 12.8. The van der Waals surface area contributed by atoms with Crippen molar-refractivity contribution in [1.29, 1.82) is 0 Å². The number of hydrogen-bond acceptors (Lipinski definition) is 5. The van der Waals surface area contributed by atoms with Gasteiger partial charge in [-0.05, 0) is 12.8 Å². The van der Waals surface area contributed by atoms with Gasteiger partial charge < -0.3 is 5.32 Å². The van der Waals surface area contributed by atoms with Crippen LogP contribution in [0.4, 0.5) is 5.82 Å². The summed E-state index contributed by atoms with van der Waals surface area (Å²) in [6.45, 7) is 5.20. The van der Waals surface area contributed by atoms with Gasteiger partial charge in [-0.15, -0.1) is 0 Å². The highest BCUT2D eigenvalue weighted by atomic mass is 32.2. The molecule has 118 valence electrons. The van der Waals surface area contributed by atoms with Gasteiger partial charge in [-0.25, -0.2) is 4.98 Å². The van der Waals surface area contributed by atoms with Crippen LogP contribution < -0.4 is 5.32 Å². The summed E-state index contributed by atoms with van der Waals surface area (Å²) in [5, 5.41) is 2.94. The van der Waals surface area contributed by atoms with Crippen molar-refractivity contribution in [2.45, 2.75) is 32.7 Å². The fourth-order valence-electron chi connectivity index (χ4n) is 2.67. The van der Waals surface area contributed by atoms with Crippen LogP contribution in [-0.4, -0.2) is 53.7 Å². The summed E-state index contributed by atoms with van der Waals surface area (Å²) in [6, 6.07) is -0.226. The van der Waals surface area contributed by atoms with Crippen molar-refractivity contribution in [2.24, 2.45) is 0 Å². The molecule has 0 aromatic carbocycles. The summed E-state index contributed by atoms with van der Waals surface area (Å²) in [7, 11) is -1.67.